The number of rotatable bonds is 12. The van der Waals surface area contributed by atoms with Crippen molar-refractivity contribution in [3.05, 3.63) is 126 Å². The number of nitrogens with one attached hydrogen (secondary N) is 3. The van der Waals surface area contributed by atoms with Gasteiger partial charge in [-0.2, -0.15) is 15.0 Å². The number of carbonyl (C=O) groups is 1. The molecule has 0 atom stereocenters. The molecule has 3 N–H and O–H groups in total. The standard InChI is InChI=1S/C38H34N6O5/c1-24-22-29(16-20-32(24)46-2)40-37-42-36(43-38(44-37)41-30-17-21-33(47-3)34(23-30)48-4)39-28-14-10-27(11-15-28)35(45)49-31-18-12-26(13-19-31)25-8-6-5-7-9-25/h5-23H,1-4H3,(H3,39,40,41,42,43,44). The third-order valence-corrected chi connectivity index (χ3v) is 7.47. The molecule has 5 aromatic carbocycles. The average molecular weight is 655 g/mol. The number of benzene rings is 5. The lowest BCUT2D eigenvalue weighted by molar-refractivity contribution is 0.0735. The summed E-state index contributed by atoms with van der Waals surface area (Å²) in [5, 5.41) is 9.66. The van der Waals surface area contributed by atoms with Crippen molar-refractivity contribution < 1.29 is 23.7 Å². The second-order valence-electron chi connectivity index (χ2n) is 10.8. The molecule has 0 amide bonds. The first kappa shape index (κ1) is 32.3. The number of carbonyl (C=O) groups excluding carboxylic acids is 1. The molecule has 11 heteroatoms. The predicted octanol–water partition coefficient (Wildman–Crippen LogP) is 8.32. The molecule has 0 aliphatic carbocycles. The van der Waals surface area contributed by atoms with Gasteiger partial charge < -0.3 is 34.9 Å². The molecule has 246 valence electrons. The fourth-order valence-corrected chi connectivity index (χ4v) is 5.00. The summed E-state index contributed by atoms with van der Waals surface area (Å²) in [5.74, 6) is 2.73. The lowest BCUT2D eigenvalue weighted by Crippen LogP contribution is -2.09. The van der Waals surface area contributed by atoms with Crippen LogP contribution in [-0.4, -0.2) is 42.3 Å². The van der Waals surface area contributed by atoms with E-state index < -0.39 is 5.97 Å². The molecule has 0 aliphatic rings. The Kier molecular flexibility index (Phi) is 9.80. The van der Waals surface area contributed by atoms with Crippen molar-refractivity contribution in [1.29, 1.82) is 0 Å². The molecule has 0 fully saturated rings. The van der Waals surface area contributed by atoms with Gasteiger partial charge in [-0.3, -0.25) is 0 Å². The lowest BCUT2D eigenvalue weighted by Gasteiger charge is -2.14. The van der Waals surface area contributed by atoms with Gasteiger partial charge >= 0.3 is 5.97 Å². The number of ether oxygens (including phenoxy) is 4. The Morgan fingerprint density at radius 1 is 0.531 bits per heavy atom. The maximum atomic E-state index is 12.9. The molecule has 0 spiro atoms. The highest BCUT2D eigenvalue weighted by molar-refractivity contribution is 5.91. The number of hydrogen-bond donors (Lipinski definition) is 3. The number of hydrogen-bond acceptors (Lipinski definition) is 11. The second kappa shape index (κ2) is 14.9. The van der Waals surface area contributed by atoms with Gasteiger partial charge in [-0.05, 0) is 90.3 Å². The Labute approximate surface area is 283 Å². The van der Waals surface area contributed by atoms with E-state index in [0.29, 0.717) is 40.1 Å². The van der Waals surface area contributed by atoms with Crippen LogP contribution < -0.4 is 34.9 Å². The molecule has 49 heavy (non-hydrogen) atoms. The first-order chi connectivity index (χ1) is 23.9. The lowest BCUT2D eigenvalue weighted by atomic mass is 10.1. The maximum absolute atomic E-state index is 12.9. The number of aromatic nitrogens is 3. The molecule has 0 saturated carbocycles. The molecule has 0 aliphatic heterocycles. The van der Waals surface area contributed by atoms with Gasteiger partial charge in [0, 0.05) is 23.1 Å². The quantitative estimate of drug-likeness (QED) is 0.0870. The summed E-state index contributed by atoms with van der Waals surface area (Å²) in [6.45, 7) is 1.95. The van der Waals surface area contributed by atoms with Crippen LogP contribution in [0, 0.1) is 6.92 Å². The highest BCUT2D eigenvalue weighted by atomic mass is 16.5. The first-order valence-electron chi connectivity index (χ1n) is 15.3. The van der Waals surface area contributed by atoms with Gasteiger partial charge in [0.05, 0.1) is 26.9 Å². The molecule has 0 unspecified atom stereocenters. The SMILES string of the molecule is COc1ccc(Nc2nc(Nc3ccc(C(=O)Oc4ccc(-c5ccccc5)cc4)cc3)nc(Nc3ccc(OC)c(OC)c3)n2)cc1C. The van der Waals surface area contributed by atoms with E-state index in [0.717, 1.165) is 28.1 Å². The van der Waals surface area contributed by atoms with Crippen LogP contribution in [0.15, 0.2) is 115 Å². The zero-order valence-electron chi connectivity index (χ0n) is 27.4. The van der Waals surface area contributed by atoms with Crippen LogP contribution in [0.3, 0.4) is 0 Å². The largest absolute Gasteiger partial charge is 0.496 e. The van der Waals surface area contributed by atoms with Gasteiger partial charge in [0.1, 0.15) is 11.5 Å². The van der Waals surface area contributed by atoms with Crippen molar-refractivity contribution in [2.75, 3.05) is 37.3 Å². The Balaban J connectivity index is 1.19. The van der Waals surface area contributed by atoms with E-state index in [1.807, 2.05) is 73.7 Å². The molecule has 1 heterocycles. The number of methoxy groups -OCH3 is 3. The fraction of sp³-hybridized carbons (Fsp3) is 0.105. The van der Waals surface area contributed by atoms with Gasteiger partial charge in [0.15, 0.2) is 11.5 Å². The minimum absolute atomic E-state index is 0.263. The molecule has 6 aromatic rings. The summed E-state index contributed by atoms with van der Waals surface area (Å²) < 4.78 is 21.8. The Morgan fingerprint density at radius 2 is 1.04 bits per heavy atom. The van der Waals surface area contributed by atoms with Crippen molar-refractivity contribution in [2.24, 2.45) is 0 Å². The molecule has 0 bridgehead atoms. The zero-order chi connectivity index (χ0) is 34.2. The minimum Gasteiger partial charge on any atom is -0.496 e. The summed E-state index contributed by atoms with van der Waals surface area (Å²) in [5.41, 5.74) is 5.56. The van der Waals surface area contributed by atoms with E-state index in [2.05, 4.69) is 30.9 Å². The number of esters is 1. The third-order valence-electron chi connectivity index (χ3n) is 7.47. The zero-order valence-corrected chi connectivity index (χ0v) is 27.4. The van der Waals surface area contributed by atoms with E-state index >= 15 is 0 Å². The van der Waals surface area contributed by atoms with Gasteiger partial charge in [-0.1, -0.05) is 42.5 Å². The topological polar surface area (TPSA) is 129 Å². The van der Waals surface area contributed by atoms with Crippen molar-refractivity contribution in [3.63, 3.8) is 0 Å². The summed E-state index contributed by atoms with van der Waals surface area (Å²) in [6.07, 6.45) is 0. The van der Waals surface area contributed by atoms with Crippen molar-refractivity contribution >= 4 is 40.9 Å². The monoisotopic (exact) mass is 654 g/mol. The minimum atomic E-state index is -0.471. The molecular formula is C38H34N6O5. The highest BCUT2D eigenvalue weighted by Crippen LogP contribution is 2.31. The highest BCUT2D eigenvalue weighted by Gasteiger charge is 2.13. The third kappa shape index (κ3) is 8.03. The number of nitrogens with zero attached hydrogens (tertiary/aromatic N) is 3. The molecule has 11 nitrogen and oxygen atoms in total. The van der Waals surface area contributed by atoms with Crippen LogP contribution in [0.2, 0.25) is 0 Å². The van der Waals surface area contributed by atoms with E-state index in [4.69, 9.17) is 18.9 Å². The van der Waals surface area contributed by atoms with Crippen LogP contribution in [0.1, 0.15) is 15.9 Å². The van der Waals surface area contributed by atoms with Crippen molar-refractivity contribution in [1.82, 2.24) is 15.0 Å². The van der Waals surface area contributed by atoms with Gasteiger partial charge in [-0.25, -0.2) is 4.79 Å². The van der Waals surface area contributed by atoms with Gasteiger partial charge in [0.25, 0.3) is 0 Å². The fourth-order valence-electron chi connectivity index (χ4n) is 5.00. The molecule has 1 aromatic heterocycles. The average Bonchev–Trinajstić information content (AvgIpc) is 3.12. The summed E-state index contributed by atoms with van der Waals surface area (Å²) in [6, 6.07) is 35.3. The van der Waals surface area contributed by atoms with Gasteiger partial charge in [-0.15, -0.1) is 0 Å². The van der Waals surface area contributed by atoms with Crippen LogP contribution in [0.5, 0.6) is 23.0 Å². The first-order valence-corrected chi connectivity index (χ1v) is 15.3. The maximum Gasteiger partial charge on any atom is 0.343 e. The summed E-state index contributed by atoms with van der Waals surface area (Å²) in [7, 11) is 4.78. The summed E-state index contributed by atoms with van der Waals surface area (Å²) >= 11 is 0. The smallest absolute Gasteiger partial charge is 0.343 e. The Morgan fingerprint density at radius 3 is 1.61 bits per heavy atom. The Bertz CT molecular complexity index is 2060. The predicted molar refractivity (Wildman–Crippen MR) is 190 cm³/mol. The van der Waals surface area contributed by atoms with Crippen LogP contribution in [0.4, 0.5) is 34.9 Å². The number of anilines is 6. The van der Waals surface area contributed by atoms with Crippen LogP contribution in [-0.2, 0) is 0 Å². The van der Waals surface area contributed by atoms with Crippen LogP contribution >= 0.6 is 0 Å². The normalized spacial score (nSPS) is 10.5. The molecule has 0 saturated heterocycles. The van der Waals surface area contributed by atoms with E-state index in [1.54, 1.807) is 69.9 Å². The van der Waals surface area contributed by atoms with E-state index in [-0.39, 0.29) is 11.9 Å². The summed E-state index contributed by atoms with van der Waals surface area (Å²) in [4.78, 5) is 26.7. The van der Waals surface area contributed by atoms with E-state index in [9.17, 15) is 4.79 Å². The Hall–Kier alpha value is -6.62. The van der Waals surface area contributed by atoms with Crippen LogP contribution in [0.25, 0.3) is 11.1 Å². The number of aryl methyl sites for hydroxylation is 1. The second-order valence-corrected chi connectivity index (χ2v) is 10.8. The van der Waals surface area contributed by atoms with Crippen molar-refractivity contribution in [3.8, 4) is 34.1 Å². The van der Waals surface area contributed by atoms with Crippen molar-refractivity contribution in [2.45, 2.75) is 6.92 Å². The molecule has 0 radical (unpaired) electrons. The molecule has 6 rings (SSSR count). The van der Waals surface area contributed by atoms with E-state index in [1.165, 1.54) is 0 Å². The molecular weight excluding hydrogens is 620 g/mol. The van der Waals surface area contributed by atoms with Gasteiger partial charge in [0.2, 0.25) is 17.8 Å².